The molecule has 3 rings (SSSR count). The average Bonchev–Trinajstić information content (AvgIpc) is 2.62. The minimum Gasteiger partial charge on any atom is -0.490 e. The van der Waals surface area contributed by atoms with E-state index in [0.717, 1.165) is 43.7 Å². The third-order valence-electron chi connectivity index (χ3n) is 5.41. The van der Waals surface area contributed by atoms with Gasteiger partial charge in [-0.05, 0) is 69.8 Å². The Balaban J connectivity index is 1.60. The number of ether oxygens (including phenoxy) is 1. The molecule has 140 valence electrons. The van der Waals surface area contributed by atoms with Crippen LogP contribution in [-0.4, -0.2) is 36.2 Å². The van der Waals surface area contributed by atoms with E-state index in [1.165, 1.54) is 11.1 Å². The van der Waals surface area contributed by atoms with Crippen LogP contribution in [0.15, 0.2) is 48.5 Å². The Kier molecular flexibility index (Phi) is 6.00. The van der Waals surface area contributed by atoms with E-state index < -0.39 is 5.60 Å². The van der Waals surface area contributed by atoms with Crippen LogP contribution in [0.2, 0.25) is 0 Å². The Morgan fingerprint density at radius 3 is 2.58 bits per heavy atom. The molecule has 1 atom stereocenters. The van der Waals surface area contributed by atoms with Crippen molar-refractivity contribution in [2.45, 2.75) is 51.2 Å². The molecule has 0 radical (unpaired) electrons. The summed E-state index contributed by atoms with van der Waals surface area (Å²) in [5.74, 6) is 0.951. The molecular formula is C23H31NO2. The van der Waals surface area contributed by atoms with Crippen molar-refractivity contribution in [3.63, 3.8) is 0 Å². The first-order valence-electron chi connectivity index (χ1n) is 9.66. The van der Waals surface area contributed by atoms with Crippen molar-refractivity contribution in [1.29, 1.82) is 0 Å². The second kappa shape index (κ2) is 8.24. The first-order valence-corrected chi connectivity index (χ1v) is 9.66. The van der Waals surface area contributed by atoms with E-state index in [9.17, 15) is 5.11 Å². The van der Waals surface area contributed by atoms with Gasteiger partial charge >= 0.3 is 0 Å². The van der Waals surface area contributed by atoms with E-state index >= 15 is 0 Å². The molecule has 0 spiro atoms. The molecule has 1 saturated heterocycles. The maximum absolute atomic E-state index is 10.9. The van der Waals surface area contributed by atoms with Crippen LogP contribution in [0.3, 0.4) is 0 Å². The molecule has 1 unspecified atom stereocenters. The summed E-state index contributed by atoms with van der Waals surface area (Å²) in [6.45, 7) is 6.16. The van der Waals surface area contributed by atoms with Crippen LogP contribution in [0.25, 0.3) is 0 Å². The molecule has 2 aromatic carbocycles. The molecule has 3 nitrogen and oxygen atoms in total. The van der Waals surface area contributed by atoms with Crippen molar-refractivity contribution in [1.82, 2.24) is 4.90 Å². The topological polar surface area (TPSA) is 32.7 Å². The highest BCUT2D eigenvalue weighted by Crippen LogP contribution is 2.28. The van der Waals surface area contributed by atoms with Crippen molar-refractivity contribution in [3.8, 4) is 5.75 Å². The summed E-state index contributed by atoms with van der Waals surface area (Å²) < 4.78 is 6.19. The second-order valence-electron chi connectivity index (χ2n) is 7.91. The van der Waals surface area contributed by atoms with E-state index in [-0.39, 0.29) is 0 Å². The molecule has 0 bridgehead atoms. The second-order valence-corrected chi connectivity index (χ2v) is 7.91. The molecule has 26 heavy (non-hydrogen) atoms. The van der Waals surface area contributed by atoms with E-state index in [4.69, 9.17) is 4.74 Å². The number of hydrogen-bond donors (Lipinski definition) is 1. The fraction of sp³-hybridized carbons (Fsp3) is 0.478. The molecule has 0 saturated carbocycles. The van der Waals surface area contributed by atoms with E-state index in [2.05, 4.69) is 49.2 Å². The highest BCUT2D eigenvalue weighted by atomic mass is 16.5. The third-order valence-corrected chi connectivity index (χ3v) is 5.41. The Morgan fingerprint density at radius 1 is 1.12 bits per heavy atom. The number of nitrogens with zero attached hydrogens (tertiary/aromatic N) is 1. The Labute approximate surface area is 157 Å². The zero-order chi connectivity index (χ0) is 18.6. The molecule has 1 N–H and O–H groups in total. The summed E-state index contributed by atoms with van der Waals surface area (Å²) in [7, 11) is 2.16. The number of likely N-dealkylation sites (tertiary alicyclic amines) is 1. The predicted molar refractivity (Wildman–Crippen MR) is 107 cm³/mol. The molecule has 2 aromatic rings. The number of benzene rings is 2. The van der Waals surface area contributed by atoms with Crippen molar-refractivity contribution in [2.75, 3.05) is 20.1 Å². The summed E-state index contributed by atoms with van der Waals surface area (Å²) in [5, 5.41) is 10.9. The van der Waals surface area contributed by atoms with E-state index in [1.807, 2.05) is 25.1 Å². The normalized spacial score (nSPS) is 18.5. The number of rotatable bonds is 6. The Morgan fingerprint density at radius 2 is 1.85 bits per heavy atom. The maximum atomic E-state index is 10.9. The average molecular weight is 354 g/mol. The quantitative estimate of drug-likeness (QED) is 0.840. The van der Waals surface area contributed by atoms with Crippen molar-refractivity contribution in [2.24, 2.45) is 0 Å². The number of hydrogen-bond acceptors (Lipinski definition) is 3. The van der Waals surface area contributed by atoms with Crippen LogP contribution >= 0.6 is 0 Å². The molecule has 1 aliphatic rings. The largest absolute Gasteiger partial charge is 0.490 e. The van der Waals surface area contributed by atoms with Crippen molar-refractivity contribution in [3.05, 3.63) is 65.2 Å². The fourth-order valence-electron chi connectivity index (χ4n) is 3.58. The lowest BCUT2D eigenvalue weighted by molar-refractivity contribution is 0.0479. The van der Waals surface area contributed by atoms with Gasteiger partial charge in [0.1, 0.15) is 11.9 Å². The minimum absolute atomic E-state index is 0.317. The molecule has 3 heteroatoms. The van der Waals surface area contributed by atoms with Gasteiger partial charge in [0.15, 0.2) is 0 Å². The van der Waals surface area contributed by atoms with Gasteiger partial charge in [0.05, 0.1) is 5.60 Å². The summed E-state index contributed by atoms with van der Waals surface area (Å²) in [5.41, 5.74) is 2.55. The maximum Gasteiger partial charge on any atom is 0.119 e. The summed E-state index contributed by atoms with van der Waals surface area (Å²) in [4.78, 5) is 2.35. The Hall–Kier alpha value is -1.84. The van der Waals surface area contributed by atoms with Crippen LogP contribution in [0.5, 0.6) is 5.75 Å². The number of aliphatic hydroxyl groups is 1. The summed E-state index contributed by atoms with van der Waals surface area (Å²) in [6.07, 6.45) is 4.00. The van der Waals surface area contributed by atoms with Crippen LogP contribution in [0.4, 0.5) is 0 Å². The lowest BCUT2D eigenvalue weighted by Crippen LogP contribution is -2.35. The standard InChI is InChI=1S/C23H31NO2/c1-18-6-4-8-20(16-18)23(2,25)13-10-19-7-5-9-22(17-19)26-21-11-14-24(3)15-12-21/h4-9,16-17,21,25H,10-15H2,1-3H3. The molecule has 1 fully saturated rings. The highest BCUT2D eigenvalue weighted by molar-refractivity contribution is 5.30. The van der Waals surface area contributed by atoms with Gasteiger partial charge in [0.25, 0.3) is 0 Å². The SMILES string of the molecule is Cc1cccc(C(C)(O)CCc2cccc(OC3CCN(C)CC3)c2)c1. The number of aryl methyl sites for hydroxylation is 2. The first kappa shape index (κ1) is 18.9. The lowest BCUT2D eigenvalue weighted by atomic mass is 9.89. The van der Waals surface area contributed by atoms with Crippen LogP contribution in [0, 0.1) is 6.92 Å². The number of piperidine rings is 1. The van der Waals surface area contributed by atoms with Crippen molar-refractivity contribution >= 4 is 0 Å². The van der Waals surface area contributed by atoms with Crippen LogP contribution in [0.1, 0.15) is 42.9 Å². The summed E-state index contributed by atoms with van der Waals surface area (Å²) in [6, 6.07) is 16.5. The monoisotopic (exact) mass is 353 g/mol. The highest BCUT2D eigenvalue weighted by Gasteiger charge is 2.23. The lowest BCUT2D eigenvalue weighted by Gasteiger charge is -2.29. The first-order chi connectivity index (χ1) is 12.4. The van der Waals surface area contributed by atoms with Gasteiger partial charge in [0, 0.05) is 13.1 Å². The molecule has 0 aliphatic carbocycles. The summed E-state index contributed by atoms with van der Waals surface area (Å²) >= 11 is 0. The zero-order valence-electron chi connectivity index (χ0n) is 16.2. The molecule has 1 aliphatic heterocycles. The smallest absolute Gasteiger partial charge is 0.119 e. The van der Waals surface area contributed by atoms with Gasteiger partial charge in [-0.3, -0.25) is 0 Å². The van der Waals surface area contributed by atoms with Crippen LogP contribution in [-0.2, 0) is 12.0 Å². The minimum atomic E-state index is -0.823. The fourth-order valence-corrected chi connectivity index (χ4v) is 3.58. The molecule has 0 amide bonds. The Bertz CT molecular complexity index is 718. The molecule has 0 aromatic heterocycles. The van der Waals surface area contributed by atoms with Gasteiger partial charge in [-0.25, -0.2) is 0 Å². The predicted octanol–water partition coefficient (Wildman–Crippen LogP) is 4.31. The van der Waals surface area contributed by atoms with E-state index in [1.54, 1.807) is 0 Å². The molecular weight excluding hydrogens is 322 g/mol. The van der Waals surface area contributed by atoms with Crippen LogP contribution < -0.4 is 4.74 Å². The zero-order valence-corrected chi connectivity index (χ0v) is 16.2. The third kappa shape index (κ3) is 5.09. The van der Waals surface area contributed by atoms with E-state index in [0.29, 0.717) is 12.5 Å². The van der Waals surface area contributed by atoms with Crippen molar-refractivity contribution < 1.29 is 9.84 Å². The van der Waals surface area contributed by atoms with Gasteiger partial charge in [-0.1, -0.05) is 42.0 Å². The van der Waals surface area contributed by atoms with Gasteiger partial charge in [-0.2, -0.15) is 0 Å². The molecule has 1 heterocycles. The van der Waals surface area contributed by atoms with Gasteiger partial charge in [-0.15, -0.1) is 0 Å². The van der Waals surface area contributed by atoms with Gasteiger partial charge < -0.3 is 14.7 Å². The van der Waals surface area contributed by atoms with Gasteiger partial charge in [0.2, 0.25) is 0 Å².